The Morgan fingerprint density at radius 2 is 1.84 bits per heavy atom. The SMILES string of the molecule is Cc1cc[n+](CC(=O)Nc2ccc(OC(F)F)cc2)c2ccccc12. The van der Waals surface area contributed by atoms with Crippen molar-refractivity contribution in [2.45, 2.75) is 20.1 Å². The Kier molecular flexibility index (Phi) is 4.88. The number of carbonyl (C=O) groups excluding carboxylic acids is 1. The van der Waals surface area contributed by atoms with Crippen molar-refractivity contribution in [2.75, 3.05) is 5.32 Å². The van der Waals surface area contributed by atoms with E-state index in [-0.39, 0.29) is 18.2 Å². The van der Waals surface area contributed by atoms with E-state index in [4.69, 9.17) is 0 Å². The number of aromatic nitrogens is 1. The second-order valence-electron chi connectivity index (χ2n) is 5.59. The molecule has 1 heterocycles. The van der Waals surface area contributed by atoms with Gasteiger partial charge in [-0.15, -0.1) is 0 Å². The zero-order valence-electron chi connectivity index (χ0n) is 13.6. The van der Waals surface area contributed by atoms with E-state index in [9.17, 15) is 13.6 Å². The van der Waals surface area contributed by atoms with Crippen LogP contribution in [0.25, 0.3) is 10.9 Å². The second kappa shape index (κ2) is 7.25. The first-order valence-electron chi connectivity index (χ1n) is 7.75. The summed E-state index contributed by atoms with van der Waals surface area (Å²) in [5, 5.41) is 3.84. The first kappa shape index (κ1) is 16.8. The number of benzene rings is 2. The lowest BCUT2D eigenvalue weighted by atomic mass is 10.1. The number of anilines is 1. The molecule has 0 saturated heterocycles. The number of amides is 1. The number of nitrogens with zero attached hydrogens (tertiary/aromatic N) is 1. The van der Waals surface area contributed by atoms with Gasteiger partial charge in [0, 0.05) is 23.2 Å². The van der Waals surface area contributed by atoms with Crippen LogP contribution in [0.5, 0.6) is 5.75 Å². The minimum atomic E-state index is -2.87. The minimum absolute atomic E-state index is 0.0481. The highest BCUT2D eigenvalue weighted by Gasteiger charge is 2.15. The van der Waals surface area contributed by atoms with Crippen molar-refractivity contribution in [1.29, 1.82) is 0 Å². The van der Waals surface area contributed by atoms with Crippen molar-refractivity contribution in [1.82, 2.24) is 0 Å². The van der Waals surface area contributed by atoms with Gasteiger partial charge in [0.05, 0.1) is 0 Å². The van der Waals surface area contributed by atoms with Crippen LogP contribution < -0.4 is 14.6 Å². The van der Waals surface area contributed by atoms with Gasteiger partial charge >= 0.3 is 6.61 Å². The predicted octanol–water partition coefficient (Wildman–Crippen LogP) is 3.68. The van der Waals surface area contributed by atoms with Gasteiger partial charge in [-0.2, -0.15) is 13.3 Å². The number of rotatable bonds is 5. The van der Waals surface area contributed by atoms with Crippen LogP contribution in [0.2, 0.25) is 0 Å². The average molecular weight is 343 g/mol. The third kappa shape index (κ3) is 4.09. The number of nitrogens with one attached hydrogen (secondary N) is 1. The summed E-state index contributed by atoms with van der Waals surface area (Å²) in [5.41, 5.74) is 2.63. The Balaban J connectivity index is 1.72. The summed E-state index contributed by atoms with van der Waals surface area (Å²) < 4.78 is 30.4. The molecule has 0 aliphatic heterocycles. The molecule has 0 radical (unpaired) electrons. The maximum absolute atomic E-state index is 12.3. The molecule has 0 spiro atoms. The number of alkyl halides is 2. The number of aryl methyl sites for hydroxylation is 1. The number of pyridine rings is 1. The summed E-state index contributed by atoms with van der Waals surface area (Å²) >= 11 is 0. The van der Waals surface area contributed by atoms with Crippen molar-refractivity contribution in [3.05, 3.63) is 66.4 Å². The topological polar surface area (TPSA) is 42.2 Å². The Bertz CT molecular complexity index is 896. The number of hydrogen-bond donors (Lipinski definition) is 1. The van der Waals surface area contributed by atoms with E-state index in [1.165, 1.54) is 24.3 Å². The fourth-order valence-electron chi connectivity index (χ4n) is 2.64. The first-order chi connectivity index (χ1) is 12.0. The Labute approximate surface area is 143 Å². The quantitative estimate of drug-likeness (QED) is 0.718. The molecule has 128 valence electrons. The normalized spacial score (nSPS) is 10.9. The Morgan fingerprint density at radius 3 is 2.56 bits per heavy atom. The molecule has 2 aromatic carbocycles. The van der Waals surface area contributed by atoms with E-state index in [0.717, 1.165) is 16.5 Å². The number of hydrogen-bond acceptors (Lipinski definition) is 2. The summed E-state index contributed by atoms with van der Waals surface area (Å²) in [6, 6.07) is 15.6. The van der Waals surface area contributed by atoms with Gasteiger partial charge in [0.1, 0.15) is 5.75 Å². The van der Waals surface area contributed by atoms with Crippen molar-refractivity contribution < 1.29 is 22.9 Å². The van der Waals surface area contributed by atoms with Gasteiger partial charge in [0.2, 0.25) is 12.1 Å². The van der Waals surface area contributed by atoms with E-state index in [1.807, 2.05) is 48.0 Å². The Hall–Kier alpha value is -3.02. The first-order valence-corrected chi connectivity index (χ1v) is 7.75. The molecule has 1 amide bonds. The lowest BCUT2D eigenvalue weighted by Crippen LogP contribution is -2.40. The monoisotopic (exact) mass is 343 g/mol. The summed E-state index contributed by atoms with van der Waals surface area (Å²) in [7, 11) is 0. The molecule has 0 fully saturated rings. The lowest BCUT2D eigenvalue weighted by molar-refractivity contribution is -0.658. The van der Waals surface area contributed by atoms with Crippen LogP contribution in [-0.2, 0) is 11.3 Å². The maximum atomic E-state index is 12.3. The molecule has 0 atom stereocenters. The molecule has 0 aliphatic carbocycles. The molecule has 1 N–H and O–H groups in total. The van der Waals surface area contributed by atoms with E-state index >= 15 is 0 Å². The molecule has 1 aromatic heterocycles. The van der Waals surface area contributed by atoms with Crippen LogP contribution in [-0.4, -0.2) is 12.5 Å². The molecular formula is C19H17F2N2O2+. The molecule has 6 heteroatoms. The van der Waals surface area contributed by atoms with Gasteiger partial charge in [-0.05, 0) is 42.8 Å². The molecule has 3 aromatic rings. The summed E-state index contributed by atoms with van der Waals surface area (Å²) in [6.45, 7) is -0.696. The summed E-state index contributed by atoms with van der Waals surface area (Å²) in [4.78, 5) is 12.3. The fraction of sp³-hybridized carbons (Fsp3) is 0.158. The van der Waals surface area contributed by atoms with Crippen LogP contribution in [0.15, 0.2) is 60.8 Å². The highest BCUT2D eigenvalue weighted by atomic mass is 19.3. The smallest absolute Gasteiger partial charge is 0.387 e. The summed E-state index contributed by atoms with van der Waals surface area (Å²) in [5.74, 6) is -0.159. The predicted molar refractivity (Wildman–Crippen MR) is 90.6 cm³/mol. The van der Waals surface area contributed by atoms with Crippen LogP contribution in [0.1, 0.15) is 5.56 Å². The molecule has 0 aliphatic rings. The molecule has 4 nitrogen and oxygen atoms in total. The fourth-order valence-corrected chi connectivity index (χ4v) is 2.64. The van der Waals surface area contributed by atoms with Crippen molar-refractivity contribution >= 4 is 22.5 Å². The van der Waals surface area contributed by atoms with Gasteiger partial charge in [-0.25, -0.2) is 0 Å². The van der Waals surface area contributed by atoms with Crippen LogP contribution in [0.4, 0.5) is 14.5 Å². The minimum Gasteiger partial charge on any atom is -0.435 e. The zero-order valence-corrected chi connectivity index (χ0v) is 13.6. The van der Waals surface area contributed by atoms with Crippen LogP contribution >= 0.6 is 0 Å². The van der Waals surface area contributed by atoms with Crippen molar-refractivity contribution in [3.8, 4) is 5.75 Å². The van der Waals surface area contributed by atoms with Crippen LogP contribution in [0, 0.1) is 6.92 Å². The van der Waals surface area contributed by atoms with E-state index < -0.39 is 6.61 Å². The van der Waals surface area contributed by atoms with E-state index in [0.29, 0.717) is 5.69 Å². The number of para-hydroxylation sites is 1. The standard InChI is InChI=1S/C19H16F2N2O2/c1-13-10-11-23(17-5-3-2-4-16(13)17)12-18(24)22-14-6-8-15(9-7-14)25-19(20)21/h2-11,19H,12H2,1H3/p+1. The molecular weight excluding hydrogens is 326 g/mol. The largest absolute Gasteiger partial charge is 0.435 e. The number of ether oxygens (including phenoxy) is 1. The molecule has 0 unspecified atom stereocenters. The van der Waals surface area contributed by atoms with Crippen LogP contribution in [0.3, 0.4) is 0 Å². The van der Waals surface area contributed by atoms with E-state index in [1.54, 1.807) is 0 Å². The number of halogens is 2. The van der Waals surface area contributed by atoms with E-state index in [2.05, 4.69) is 10.1 Å². The highest BCUT2D eigenvalue weighted by Crippen LogP contribution is 2.18. The third-order valence-corrected chi connectivity index (χ3v) is 3.82. The summed E-state index contributed by atoms with van der Waals surface area (Å²) in [6.07, 6.45) is 1.87. The van der Waals surface area contributed by atoms with Gasteiger partial charge in [0.25, 0.3) is 5.91 Å². The average Bonchev–Trinajstić information content (AvgIpc) is 2.59. The highest BCUT2D eigenvalue weighted by molar-refractivity contribution is 5.90. The van der Waals surface area contributed by atoms with Crippen molar-refractivity contribution in [3.63, 3.8) is 0 Å². The molecule has 0 bridgehead atoms. The lowest BCUT2D eigenvalue weighted by Gasteiger charge is -2.07. The molecule has 0 saturated carbocycles. The van der Waals surface area contributed by atoms with Gasteiger partial charge in [0.15, 0.2) is 6.20 Å². The second-order valence-corrected chi connectivity index (χ2v) is 5.59. The molecule has 3 rings (SSSR count). The van der Waals surface area contributed by atoms with Crippen molar-refractivity contribution in [2.24, 2.45) is 0 Å². The number of fused-ring (bicyclic) bond motifs is 1. The van der Waals surface area contributed by atoms with Gasteiger partial charge in [-0.1, -0.05) is 12.1 Å². The third-order valence-electron chi connectivity index (χ3n) is 3.82. The van der Waals surface area contributed by atoms with Gasteiger partial charge in [-0.3, -0.25) is 4.79 Å². The Morgan fingerprint density at radius 1 is 1.12 bits per heavy atom. The zero-order chi connectivity index (χ0) is 17.8. The van der Waals surface area contributed by atoms with Gasteiger partial charge < -0.3 is 10.1 Å². The molecule has 25 heavy (non-hydrogen) atoms. The maximum Gasteiger partial charge on any atom is 0.387 e. The number of carbonyl (C=O) groups is 1.